The molecular formula is C17H33N3O3. The van der Waals surface area contributed by atoms with Gasteiger partial charge in [0.25, 0.3) is 0 Å². The standard InChI is InChI=1S/C17H33N3O3/c1-3-18-17(19-9-5-4-6-11-21-2)20-10-13-23-16(14-20)15-8-7-12-22-15/h15-16H,3-14H2,1-2H3,(H,18,19). The van der Waals surface area contributed by atoms with Gasteiger partial charge in [-0.1, -0.05) is 0 Å². The summed E-state index contributed by atoms with van der Waals surface area (Å²) in [6.07, 6.45) is 6.09. The fourth-order valence-electron chi connectivity index (χ4n) is 3.13. The Morgan fingerprint density at radius 2 is 2.09 bits per heavy atom. The first-order valence-corrected chi connectivity index (χ1v) is 9.10. The molecule has 0 radical (unpaired) electrons. The number of nitrogens with one attached hydrogen (secondary N) is 1. The number of hydrogen-bond donors (Lipinski definition) is 1. The number of unbranched alkanes of at least 4 members (excludes halogenated alkanes) is 2. The lowest BCUT2D eigenvalue weighted by molar-refractivity contribution is -0.0817. The van der Waals surface area contributed by atoms with Crippen LogP contribution in [0.2, 0.25) is 0 Å². The van der Waals surface area contributed by atoms with Gasteiger partial charge in [-0.25, -0.2) is 0 Å². The zero-order valence-electron chi connectivity index (χ0n) is 14.8. The van der Waals surface area contributed by atoms with Crippen LogP contribution in [0.15, 0.2) is 4.99 Å². The summed E-state index contributed by atoms with van der Waals surface area (Å²) >= 11 is 0. The average Bonchev–Trinajstić information content (AvgIpc) is 3.12. The molecular weight excluding hydrogens is 294 g/mol. The van der Waals surface area contributed by atoms with E-state index in [2.05, 4.69) is 17.1 Å². The molecule has 2 atom stereocenters. The van der Waals surface area contributed by atoms with Crippen molar-refractivity contribution in [3.63, 3.8) is 0 Å². The van der Waals surface area contributed by atoms with Gasteiger partial charge < -0.3 is 24.4 Å². The van der Waals surface area contributed by atoms with Crippen molar-refractivity contribution in [3.8, 4) is 0 Å². The zero-order chi connectivity index (χ0) is 16.3. The fraction of sp³-hybridized carbons (Fsp3) is 0.941. The molecule has 0 spiro atoms. The average molecular weight is 327 g/mol. The number of nitrogens with zero attached hydrogens (tertiary/aromatic N) is 2. The van der Waals surface area contributed by atoms with E-state index in [4.69, 9.17) is 19.2 Å². The predicted octanol–water partition coefficient (Wildman–Crippen LogP) is 1.65. The summed E-state index contributed by atoms with van der Waals surface area (Å²) in [5, 5.41) is 3.42. The number of hydrogen-bond acceptors (Lipinski definition) is 4. The van der Waals surface area contributed by atoms with Gasteiger partial charge >= 0.3 is 0 Å². The minimum absolute atomic E-state index is 0.178. The summed E-state index contributed by atoms with van der Waals surface area (Å²) in [6, 6.07) is 0. The van der Waals surface area contributed by atoms with E-state index in [1.807, 2.05) is 0 Å². The normalized spacial score (nSPS) is 25.8. The van der Waals surface area contributed by atoms with E-state index in [0.29, 0.717) is 0 Å². The first-order chi connectivity index (χ1) is 11.3. The van der Waals surface area contributed by atoms with Gasteiger partial charge in [-0.05, 0) is 39.0 Å². The number of morpholine rings is 1. The Morgan fingerprint density at radius 3 is 2.83 bits per heavy atom. The number of guanidine groups is 1. The van der Waals surface area contributed by atoms with Crippen LogP contribution in [-0.4, -0.2) is 76.2 Å². The van der Waals surface area contributed by atoms with Crippen LogP contribution in [0.4, 0.5) is 0 Å². The second-order valence-corrected chi connectivity index (χ2v) is 6.20. The molecule has 6 nitrogen and oxygen atoms in total. The lowest BCUT2D eigenvalue weighted by atomic mass is 10.1. The van der Waals surface area contributed by atoms with Crippen molar-refractivity contribution in [2.75, 3.05) is 53.1 Å². The maximum absolute atomic E-state index is 5.93. The van der Waals surface area contributed by atoms with Crippen LogP contribution in [0.3, 0.4) is 0 Å². The molecule has 2 saturated heterocycles. The molecule has 2 rings (SSSR count). The monoisotopic (exact) mass is 327 g/mol. The molecule has 134 valence electrons. The van der Waals surface area contributed by atoms with E-state index in [1.165, 1.54) is 6.42 Å². The summed E-state index contributed by atoms with van der Waals surface area (Å²) < 4.78 is 16.8. The number of methoxy groups -OCH3 is 1. The second kappa shape index (κ2) is 10.8. The Morgan fingerprint density at radius 1 is 1.22 bits per heavy atom. The summed E-state index contributed by atoms with van der Waals surface area (Å²) in [5.41, 5.74) is 0. The van der Waals surface area contributed by atoms with Crippen molar-refractivity contribution in [3.05, 3.63) is 0 Å². The van der Waals surface area contributed by atoms with Gasteiger partial charge in [0.1, 0.15) is 6.10 Å². The summed E-state index contributed by atoms with van der Waals surface area (Å²) in [6.45, 7) is 8.13. The highest BCUT2D eigenvalue weighted by Gasteiger charge is 2.32. The first-order valence-electron chi connectivity index (χ1n) is 9.10. The van der Waals surface area contributed by atoms with Gasteiger partial charge in [0, 0.05) is 46.5 Å². The van der Waals surface area contributed by atoms with E-state index in [1.54, 1.807) is 7.11 Å². The molecule has 2 fully saturated rings. The Bertz CT molecular complexity index is 346. The van der Waals surface area contributed by atoms with Crippen LogP contribution < -0.4 is 5.32 Å². The fourth-order valence-corrected chi connectivity index (χ4v) is 3.13. The maximum Gasteiger partial charge on any atom is 0.194 e. The van der Waals surface area contributed by atoms with E-state index in [-0.39, 0.29) is 12.2 Å². The highest BCUT2D eigenvalue weighted by atomic mass is 16.5. The highest BCUT2D eigenvalue weighted by Crippen LogP contribution is 2.21. The predicted molar refractivity (Wildman–Crippen MR) is 92.0 cm³/mol. The lowest BCUT2D eigenvalue weighted by Gasteiger charge is -2.37. The Labute approximate surface area is 140 Å². The van der Waals surface area contributed by atoms with E-state index >= 15 is 0 Å². The lowest BCUT2D eigenvalue weighted by Crippen LogP contribution is -2.53. The zero-order valence-corrected chi connectivity index (χ0v) is 14.8. The largest absolute Gasteiger partial charge is 0.385 e. The van der Waals surface area contributed by atoms with Crippen molar-refractivity contribution in [2.45, 2.75) is 51.2 Å². The summed E-state index contributed by atoms with van der Waals surface area (Å²) in [7, 11) is 1.75. The van der Waals surface area contributed by atoms with Gasteiger partial charge in [-0.2, -0.15) is 0 Å². The molecule has 0 bridgehead atoms. The molecule has 2 unspecified atom stereocenters. The third-order valence-electron chi connectivity index (χ3n) is 4.38. The molecule has 2 aliphatic rings. The molecule has 0 aromatic heterocycles. The molecule has 0 aliphatic carbocycles. The molecule has 0 aromatic rings. The van der Waals surface area contributed by atoms with Crippen molar-refractivity contribution in [1.29, 1.82) is 0 Å². The molecule has 0 saturated carbocycles. The van der Waals surface area contributed by atoms with E-state index in [0.717, 1.165) is 77.6 Å². The SMILES string of the molecule is CCNC(=NCCCCCOC)N1CCOC(C2CCCO2)C1. The van der Waals surface area contributed by atoms with Gasteiger partial charge in [-0.15, -0.1) is 0 Å². The van der Waals surface area contributed by atoms with Crippen LogP contribution in [0, 0.1) is 0 Å². The summed E-state index contributed by atoms with van der Waals surface area (Å²) in [5.74, 6) is 1.02. The molecule has 0 aromatic carbocycles. The summed E-state index contributed by atoms with van der Waals surface area (Å²) in [4.78, 5) is 7.12. The smallest absolute Gasteiger partial charge is 0.194 e. The Kier molecular flexibility index (Phi) is 8.71. The van der Waals surface area contributed by atoms with Gasteiger partial charge in [-0.3, -0.25) is 4.99 Å². The number of rotatable bonds is 8. The highest BCUT2D eigenvalue weighted by molar-refractivity contribution is 5.80. The molecule has 6 heteroatoms. The maximum atomic E-state index is 5.93. The van der Waals surface area contributed by atoms with Crippen LogP contribution in [-0.2, 0) is 14.2 Å². The topological polar surface area (TPSA) is 55.3 Å². The first kappa shape index (κ1) is 18.5. The van der Waals surface area contributed by atoms with Crippen LogP contribution >= 0.6 is 0 Å². The van der Waals surface area contributed by atoms with Crippen molar-refractivity contribution in [2.24, 2.45) is 4.99 Å². The Balaban J connectivity index is 1.80. The third kappa shape index (κ3) is 6.28. The van der Waals surface area contributed by atoms with Crippen LogP contribution in [0.1, 0.15) is 39.0 Å². The molecule has 23 heavy (non-hydrogen) atoms. The van der Waals surface area contributed by atoms with Gasteiger partial charge in [0.2, 0.25) is 0 Å². The van der Waals surface area contributed by atoms with Crippen LogP contribution in [0.25, 0.3) is 0 Å². The van der Waals surface area contributed by atoms with Crippen molar-refractivity contribution >= 4 is 5.96 Å². The Hall–Kier alpha value is -0.850. The number of ether oxygens (including phenoxy) is 3. The molecule has 0 amide bonds. The van der Waals surface area contributed by atoms with Gasteiger partial charge in [0.15, 0.2) is 5.96 Å². The second-order valence-electron chi connectivity index (χ2n) is 6.20. The molecule has 2 aliphatic heterocycles. The van der Waals surface area contributed by atoms with Crippen molar-refractivity contribution in [1.82, 2.24) is 10.2 Å². The van der Waals surface area contributed by atoms with Crippen molar-refractivity contribution < 1.29 is 14.2 Å². The molecule has 1 N–H and O–H groups in total. The van der Waals surface area contributed by atoms with E-state index in [9.17, 15) is 0 Å². The quantitative estimate of drug-likeness (QED) is 0.417. The van der Waals surface area contributed by atoms with Gasteiger partial charge in [0.05, 0.1) is 12.7 Å². The molecule has 2 heterocycles. The minimum atomic E-state index is 0.178. The minimum Gasteiger partial charge on any atom is -0.385 e. The van der Waals surface area contributed by atoms with E-state index < -0.39 is 0 Å². The third-order valence-corrected chi connectivity index (χ3v) is 4.38. The van der Waals surface area contributed by atoms with Crippen LogP contribution in [0.5, 0.6) is 0 Å². The number of aliphatic imine (C=N–C) groups is 1.